The highest BCUT2D eigenvalue weighted by Gasteiger charge is 2.45. The Bertz CT molecular complexity index is 733. The van der Waals surface area contributed by atoms with E-state index in [9.17, 15) is 14.7 Å². The molecule has 6 heteroatoms. The molecule has 0 bridgehead atoms. The van der Waals surface area contributed by atoms with Gasteiger partial charge in [0.1, 0.15) is 6.26 Å². The number of hydrogen-bond acceptors (Lipinski definition) is 4. The van der Waals surface area contributed by atoms with Crippen molar-refractivity contribution in [2.75, 3.05) is 5.32 Å². The minimum atomic E-state index is -0.891. The quantitative estimate of drug-likeness (QED) is 0.884. The molecule has 1 aliphatic rings. The predicted octanol–water partition coefficient (Wildman–Crippen LogP) is 3.23. The van der Waals surface area contributed by atoms with Crippen molar-refractivity contribution >= 4 is 17.6 Å². The Morgan fingerprint density at radius 1 is 1.39 bits per heavy atom. The minimum Gasteiger partial charge on any atom is -0.481 e. The standard InChI is InChI=1S/C17H18N2O4/c1-11-3-4-12(15-18-7-8-23-15)9-13(11)19-14(20)10-17(16(21)22)5-2-6-17/h3-4,7-9H,2,5-6,10H2,1H3,(H,19,20)(H,21,22). The van der Waals surface area contributed by atoms with E-state index in [-0.39, 0.29) is 12.3 Å². The van der Waals surface area contributed by atoms with Crippen molar-refractivity contribution in [3.05, 3.63) is 36.2 Å². The number of hydrogen-bond donors (Lipinski definition) is 2. The van der Waals surface area contributed by atoms with Gasteiger partial charge in [-0.2, -0.15) is 0 Å². The molecule has 120 valence electrons. The van der Waals surface area contributed by atoms with Crippen LogP contribution in [0.2, 0.25) is 0 Å². The monoisotopic (exact) mass is 314 g/mol. The average Bonchev–Trinajstić information content (AvgIpc) is 2.99. The molecule has 2 N–H and O–H groups in total. The zero-order valence-corrected chi connectivity index (χ0v) is 12.8. The number of aliphatic carboxylic acids is 1. The first-order valence-corrected chi connectivity index (χ1v) is 7.54. The van der Waals surface area contributed by atoms with Gasteiger partial charge in [0, 0.05) is 17.7 Å². The van der Waals surface area contributed by atoms with Gasteiger partial charge in [0.25, 0.3) is 0 Å². The molecule has 1 aliphatic carbocycles. The lowest BCUT2D eigenvalue weighted by Gasteiger charge is -2.36. The summed E-state index contributed by atoms with van der Waals surface area (Å²) in [6, 6.07) is 5.51. The van der Waals surface area contributed by atoms with Crippen molar-refractivity contribution in [2.24, 2.45) is 5.41 Å². The summed E-state index contributed by atoms with van der Waals surface area (Å²) in [7, 11) is 0. The summed E-state index contributed by atoms with van der Waals surface area (Å²) < 4.78 is 5.26. The minimum absolute atomic E-state index is 0.00496. The average molecular weight is 314 g/mol. The lowest BCUT2D eigenvalue weighted by molar-refractivity contribution is -0.157. The summed E-state index contributed by atoms with van der Waals surface area (Å²) in [5.74, 6) is -0.689. The third-order valence-corrected chi connectivity index (χ3v) is 4.45. The SMILES string of the molecule is Cc1ccc(-c2ncco2)cc1NC(=O)CC1(C(=O)O)CCC1. The maximum Gasteiger partial charge on any atom is 0.310 e. The first-order chi connectivity index (χ1) is 11.0. The zero-order valence-electron chi connectivity index (χ0n) is 12.8. The Hall–Kier alpha value is -2.63. The molecule has 0 unspecified atom stereocenters. The number of nitrogens with one attached hydrogen (secondary N) is 1. The van der Waals surface area contributed by atoms with Crippen LogP contribution in [0, 0.1) is 12.3 Å². The van der Waals surface area contributed by atoms with Crippen LogP contribution < -0.4 is 5.32 Å². The van der Waals surface area contributed by atoms with Gasteiger partial charge in [-0.3, -0.25) is 9.59 Å². The number of aromatic nitrogens is 1. The lowest BCUT2D eigenvalue weighted by atomic mass is 9.66. The van der Waals surface area contributed by atoms with Crippen molar-refractivity contribution < 1.29 is 19.1 Å². The first-order valence-electron chi connectivity index (χ1n) is 7.54. The Morgan fingerprint density at radius 2 is 2.17 bits per heavy atom. The lowest BCUT2D eigenvalue weighted by Crippen LogP contribution is -2.41. The molecule has 1 saturated carbocycles. The van der Waals surface area contributed by atoms with Gasteiger partial charge in [0.2, 0.25) is 11.8 Å². The van der Waals surface area contributed by atoms with Crippen molar-refractivity contribution in [2.45, 2.75) is 32.6 Å². The molecule has 2 aromatic rings. The fraction of sp³-hybridized carbons (Fsp3) is 0.353. The summed E-state index contributed by atoms with van der Waals surface area (Å²) in [5.41, 5.74) is 1.41. The number of anilines is 1. The Labute approximate surface area is 133 Å². The molecule has 1 aromatic carbocycles. The van der Waals surface area contributed by atoms with Crippen molar-refractivity contribution in [3.8, 4) is 11.5 Å². The largest absolute Gasteiger partial charge is 0.481 e. The highest BCUT2D eigenvalue weighted by atomic mass is 16.4. The second-order valence-electron chi connectivity index (χ2n) is 6.03. The number of benzene rings is 1. The molecular weight excluding hydrogens is 296 g/mol. The number of aryl methyl sites for hydroxylation is 1. The highest BCUT2D eigenvalue weighted by Crippen LogP contribution is 2.44. The maximum absolute atomic E-state index is 12.3. The Kier molecular flexibility index (Phi) is 3.90. The van der Waals surface area contributed by atoms with Gasteiger partial charge >= 0.3 is 5.97 Å². The summed E-state index contributed by atoms with van der Waals surface area (Å²) >= 11 is 0. The molecule has 6 nitrogen and oxygen atoms in total. The van der Waals surface area contributed by atoms with Gasteiger partial charge in [-0.05, 0) is 37.5 Å². The fourth-order valence-electron chi connectivity index (χ4n) is 2.83. The van der Waals surface area contributed by atoms with Gasteiger partial charge in [-0.25, -0.2) is 4.98 Å². The van der Waals surface area contributed by atoms with E-state index < -0.39 is 11.4 Å². The van der Waals surface area contributed by atoms with Crippen LogP contribution in [0.5, 0.6) is 0 Å². The van der Waals surface area contributed by atoms with Gasteiger partial charge in [0.05, 0.1) is 11.6 Å². The Morgan fingerprint density at radius 3 is 2.74 bits per heavy atom. The molecule has 23 heavy (non-hydrogen) atoms. The molecule has 1 amide bonds. The van der Waals surface area contributed by atoms with Crippen molar-refractivity contribution in [3.63, 3.8) is 0 Å². The third kappa shape index (κ3) is 2.97. The predicted molar refractivity (Wildman–Crippen MR) is 83.8 cm³/mol. The second kappa shape index (κ2) is 5.87. The molecular formula is C17H18N2O4. The van der Waals surface area contributed by atoms with Gasteiger partial charge < -0.3 is 14.8 Å². The van der Waals surface area contributed by atoms with Crippen LogP contribution in [-0.2, 0) is 9.59 Å². The summed E-state index contributed by atoms with van der Waals surface area (Å²) in [6.07, 6.45) is 5.03. The number of carbonyl (C=O) groups is 2. The fourth-order valence-corrected chi connectivity index (χ4v) is 2.83. The second-order valence-corrected chi connectivity index (χ2v) is 6.03. The summed E-state index contributed by atoms with van der Waals surface area (Å²) in [5, 5.41) is 12.1. The van der Waals surface area contributed by atoms with E-state index in [2.05, 4.69) is 10.3 Å². The number of carboxylic acid groups (broad SMARTS) is 1. The normalized spacial score (nSPS) is 15.7. The maximum atomic E-state index is 12.3. The van der Waals surface area contributed by atoms with E-state index in [0.29, 0.717) is 24.4 Å². The van der Waals surface area contributed by atoms with Gasteiger partial charge in [-0.15, -0.1) is 0 Å². The summed E-state index contributed by atoms with van der Waals surface area (Å²) in [6.45, 7) is 1.88. The van der Waals surface area contributed by atoms with Gasteiger partial charge in [-0.1, -0.05) is 12.5 Å². The molecule has 3 rings (SSSR count). The van der Waals surface area contributed by atoms with E-state index in [0.717, 1.165) is 17.5 Å². The molecule has 1 fully saturated rings. The molecule has 1 heterocycles. The van der Waals surface area contributed by atoms with Gasteiger partial charge in [0.15, 0.2) is 0 Å². The van der Waals surface area contributed by atoms with E-state index >= 15 is 0 Å². The molecule has 0 saturated heterocycles. The van der Waals surface area contributed by atoms with Crippen LogP contribution >= 0.6 is 0 Å². The number of amides is 1. The third-order valence-electron chi connectivity index (χ3n) is 4.45. The molecule has 1 aromatic heterocycles. The molecule has 0 aliphatic heterocycles. The molecule has 0 spiro atoms. The van der Waals surface area contributed by atoms with E-state index in [4.69, 9.17) is 4.42 Å². The van der Waals surface area contributed by atoms with Crippen molar-refractivity contribution in [1.82, 2.24) is 4.98 Å². The molecule has 0 radical (unpaired) electrons. The number of oxazole rings is 1. The summed E-state index contributed by atoms with van der Waals surface area (Å²) in [4.78, 5) is 27.7. The van der Waals surface area contributed by atoms with Crippen LogP contribution in [0.4, 0.5) is 5.69 Å². The number of rotatable bonds is 5. The Balaban J connectivity index is 1.76. The smallest absolute Gasteiger partial charge is 0.310 e. The van der Waals surface area contributed by atoms with Crippen LogP contribution in [0.15, 0.2) is 35.1 Å². The number of carboxylic acids is 1. The zero-order chi connectivity index (χ0) is 16.4. The van der Waals surface area contributed by atoms with Crippen molar-refractivity contribution in [1.29, 1.82) is 0 Å². The van der Waals surface area contributed by atoms with E-state index in [1.54, 1.807) is 12.3 Å². The van der Waals surface area contributed by atoms with E-state index in [1.165, 1.54) is 6.26 Å². The van der Waals surface area contributed by atoms with E-state index in [1.807, 2.05) is 19.1 Å². The first kappa shape index (κ1) is 15.3. The topological polar surface area (TPSA) is 92.4 Å². The number of nitrogens with zero attached hydrogens (tertiary/aromatic N) is 1. The number of carbonyl (C=O) groups excluding carboxylic acids is 1. The van der Waals surface area contributed by atoms with Crippen LogP contribution in [0.3, 0.4) is 0 Å². The van der Waals surface area contributed by atoms with Crippen LogP contribution in [-0.4, -0.2) is 22.0 Å². The highest BCUT2D eigenvalue weighted by molar-refractivity contribution is 5.95. The molecule has 0 atom stereocenters. The van der Waals surface area contributed by atoms with Crippen LogP contribution in [0.1, 0.15) is 31.2 Å². The van der Waals surface area contributed by atoms with Crippen LogP contribution in [0.25, 0.3) is 11.5 Å².